The Morgan fingerprint density at radius 3 is 2.28 bits per heavy atom. The van der Waals surface area contributed by atoms with Gasteiger partial charge in [0, 0.05) is 12.0 Å². The Balaban J connectivity index is 1.96. The number of hydrazine groups is 1. The third-order valence-corrected chi connectivity index (χ3v) is 6.44. The van der Waals surface area contributed by atoms with E-state index >= 15 is 0 Å². The van der Waals surface area contributed by atoms with Crippen LogP contribution in [0.5, 0.6) is 0 Å². The van der Waals surface area contributed by atoms with Crippen molar-refractivity contribution >= 4 is 16.7 Å². The number of rotatable bonds is 10. The van der Waals surface area contributed by atoms with Crippen LogP contribution >= 0.6 is 0 Å². The minimum Gasteiger partial charge on any atom is -0.287 e. The van der Waals surface area contributed by atoms with E-state index in [4.69, 9.17) is 0 Å². The summed E-state index contributed by atoms with van der Waals surface area (Å²) in [6.07, 6.45) is 3.92. The summed E-state index contributed by atoms with van der Waals surface area (Å²) in [5.74, 6) is -0.377. The molecule has 0 bridgehead atoms. The van der Waals surface area contributed by atoms with Crippen LogP contribution in [0.3, 0.4) is 0 Å². The average Bonchev–Trinajstić information content (AvgIpc) is 2.99. The maximum absolute atomic E-state index is 14.6. The zero-order valence-electron chi connectivity index (χ0n) is 19.4. The number of unbranched alkanes of at least 4 members (excludes halogenated alkanes) is 6. The van der Waals surface area contributed by atoms with Crippen molar-refractivity contribution in [2.45, 2.75) is 96.3 Å². The normalized spacial score (nSPS) is 17.6. The van der Waals surface area contributed by atoms with Crippen LogP contribution in [0.25, 0.3) is 10.8 Å². The molecule has 176 valence electrons. The number of hydrogen-bond acceptors (Lipinski definition) is 2. The van der Waals surface area contributed by atoms with Crippen molar-refractivity contribution in [2.75, 3.05) is 0 Å². The third kappa shape index (κ3) is 5.64. The smallest absolute Gasteiger partial charge is 0.287 e. The first-order valence-corrected chi connectivity index (χ1v) is 11.8. The number of benzene rings is 2. The van der Waals surface area contributed by atoms with Crippen molar-refractivity contribution in [3.8, 4) is 0 Å². The minimum atomic E-state index is -4.53. The zero-order chi connectivity index (χ0) is 23.4. The predicted molar refractivity (Wildman–Crippen MR) is 123 cm³/mol. The van der Waals surface area contributed by atoms with Crippen LogP contribution in [-0.2, 0) is 11.2 Å². The molecule has 32 heavy (non-hydrogen) atoms. The fourth-order valence-corrected chi connectivity index (χ4v) is 4.81. The monoisotopic (exact) mass is 448 g/mol. The molecule has 6 heteroatoms. The van der Waals surface area contributed by atoms with E-state index in [1.807, 2.05) is 24.3 Å². The maximum Gasteiger partial charge on any atom is 0.409 e. The number of nitrogens with zero attached hydrogens (tertiary/aromatic N) is 1. The number of carbonyl (C=O) groups excluding carboxylic acids is 1. The maximum atomic E-state index is 14.6. The van der Waals surface area contributed by atoms with Crippen LogP contribution in [-0.4, -0.2) is 22.6 Å². The number of nitrogens with one attached hydrogen (secondary N) is 1. The number of fused-ring (bicyclic) bond motifs is 1. The van der Waals surface area contributed by atoms with Gasteiger partial charge in [0.2, 0.25) is 5.91 Å². The lowest BCUT2D eigenvalue weighted by molar-refractivity contribution is -0.203. The highest BCUT2D eigenvalue weighted by Gasteiger charge is 2.53. The molecule has 1 atom stereocenters. The van der Waals surface area contributed by atoms with E-state index in [-0.39, 0.29) is 17.9 Å². The first-order chi connectivity index (χ1) is 15.1. The van der Waals surface area contributed by atoms with E-state index in [1.54, 1.807) is 26.0 Å². The quantitative estimate of drug-likeness (QED) is 0.388. The van der Waals surface area contributed by atoms with Gasteiger partial charge < -0.3 is 0 Å². The second-order valence-corrected chi connectivity index (χ2v) is 9.57. The summed E-state index contributed by atoms with van der Waals surface area (Å²) >= 11 is 0. The lowest BCUT2D eigenvalue weighted by atomic mass is 9.88. The highest BCUT2D eigenvalue weighted by molar-refractivity contribution is 5.87. The van der Waals surface area contributed by atoms with Gasteiger partial charge in [0.1, 0.15) is 0 Å². The van der Waals surface area contributed by atoms with Gasteiger partial charge in [0.25, 0.3) is 0 Å². The number of hydrogen-bond donors (Lipinski definition) is 1. The van der Waals surface area contributed by atoms with Crippen molar-refractivity contribution in [2.24, 2.45) is 0 Å². The fourth-order valence-electron chi connectivity index (χ4n) is 4.81. The second-order valence-electron chi connectivity index (χ2n) is 9.57. The van der Waals surface area contributed by atoms with E-state index in [9.17, 15) is 18.0 Å². The number of carbonyl (C=O) groups is 1. The summed E-state index contributed by atoms with van der Waals surface area (Å²) in [4.78, 5) is 12.1. The first kappa shape index (κ1) is 24.6. The summed E-state index contributed by atoms with van der Waals surface area (Å²) in [5.41, 5.74) is 2.57. The lowest BCUT2D eigenvalue weighted by Gasteiger charge is -2.39. The van der Waals surface area contributed by atoms with Crippen LogP contribution < -0.4 is 5.43 Å². The van der Waals surface area contributed by atoms with Crippen LogP contribution in [0.15, 0.2) is 36.4 Å². The third-order valence-electron chi connectivity index (χ3n) is 6.44. The Bertz CT molecular complexity index is 923. The molecule has 1 aliphatic heterocycles. The molecule has 2 aromatic carbocycles. The Morgan fingerprint density at radius 1 is 1.00 bits per heavy atom. The van der Waals surface area contributed by atoms with Crippen molar-refractivity contribution in [3.63, 3.8) is 0 Å². The molecule has 0 radical (unpaired) electrons. The number of amides is 1. The number of aryl methyl sites for hydroxylation is 1. The molecule has 1 aliphatic rings. The van der Waals surface area contributed by atoms with Gasteiger partial charge in [0.15, 0.2) is 6.04 Å². The minimum absolute atomic E-state index is 0.0391. The summed E-state index contributed by atoms with van der Waals surface area (Å²) < 4.78 is 43.8. The standard InChI is InChI=1S/C26H35F3N2O/c1-4-5-6-7-8-9-10-14-20-17-16-19-13-11-12-15-21(19)23(20)24(26(27,28)29)31-25(2,3)18-22(32)30-31/h11-13,15-17,24H,4-10,14,18H2,1-3H3,(H,30,32)/t24-/m0/s1. The van der Waals surface area contributed by atoms with Gasteiger partial charge in [-0.2, -0.15) is 18.2 Å². The molecular weight excluding hydrogens is 413 g/mol. The molecule has 1 saturated heterocycles. The molecule has 1 fully saturated rings. The van der Waals surface area contributed by atoms with Crippen LogP contribution in [0.4, 0.5) is 13.2 Å². The van der Waals surface area contributed by atoms with Gasteiger partial charge in [-0.05, 0) is 48.6 Å². The summed E-state index contributed by atoms with van der Waals surface area (Å²) in [7, 11) is 0. The van der Waals surface area contributed by atoms with Crippen molar-refractivity contribution < 1.29 is 18.0 Å². The number of halogens is 3. The molecule has 1 heterocycles. The topological polar surface area (TPSA) is 32.3 Å². The highest BCUT2D eigenvalue weighted by atomic mass is 19.4. The zero-order valence-corrected chi connectivity index (χ0v) is 19.4. The molecule has 1 N–H and O–H groups in total. The molecule has 0 unspecified atom stereocenters. The van der Waals surface area contributed by atoms with Crippen molar-refractivity contribution in [1.29, 1.82) is 0 Å². The molecule has 1 amide bonds. The number of alkyl halides is 3. The van der Waals surface area contributed by atoms with E-state index in [2.05, 4.69) is 12.3 Å². The average molecular weight is 449 g/mol. The van der Waals surface area contributed by atoms with Crippen molar-refractivity contribution in [1.82, 2.24) is 10.4 Å². The first-order valence-electron chi connectivity index (χ1n) is 11.8. The van der Waals surface area contributed by atoms with Gasteiger partial charge >= 0.3 is 6.18 Å². The highest BCUT2D eigenvalue weighted by Crippen LogP contribution is 2.46. The Labute approximate surface area is 189 Å². The summed E-state index contributed by atoms with van der Waals surface area (Å²) in [5, 5.41) is 2.52. The largest absolute Gasteiger partial charge is 0.409 e. The summed E-state index contributed by atoms with van der Waals surface area (Å²) in [6.45, 7) is 5.55. The molecule has 0 aliphatic carbocycles. The second kappa shape index (κ2) is 10.2. The van der Waals surface area contributed by atoms with Gasteiger partial charge in [-0.25, -0.2) is 0 Å². The van der Waals surface area contributed by atoms with E-state index in [0.29, 0.717) is 11.8 Å². The predicted octanol–water partition coefficient (Wildman–Crippen LogP) is 7.25. The van der Waals surface area contributed by atoms with E-state index in [0.717, 1.165) is 35.2 Å². The molecular formula is C26H35F3N2O. The van der Waals surface area contributed by atoms with Crippen LogP contribution in [0.1, 0.15) is 89.3 Å². The SMILES string of the molecule is CCCCCCCCCc1ccc2ccccc2c1[C@H](N1NC(=O)CC1(C)C)C(F)(F)F. The molecule has 0 saturated carbocycles. The van der Waals surface area contributed by atoms with Gasteiger partial charge in [0.05, 0.1) is 0 Å². The van der Waals surface area contributed by atoms with Crippen LogP contribution in [0.2, 0.25) is 0 Å². The molecule has 0 aromatic heterocycles. The molecule has 2 aromatic rings. The molecule has 3 nitrogen and oxygen atoms in total. The molecule has 3 rings (SSSR count). The van der Waals surface area contributed by atoms with Gasteiger partial charge in [-0.15, -0.1) is 0 Å². The van der Waals surface area contributed by atoms with Gasteiger partial charge in [-0.3, -0.25) is 10.2 Å². The van der Waals surface area contributed by atoms with Crippen LogP contribution in [0, 0.1) is 0 Å². The Hall–Kier alpha value is -2.08. The Kier molecular flexibility index (Phi) is 7.86. The summed E-state index contributed by atoms with van der Waals surface area (Å²) in [6, 6.07) is 9.10. The molecule has 0 spiro atoms. The van der Waals surface area contributed by atoms with Gasteiger partial charge in [-0.1, -0.05) is 81.8 Å². The lowest BCUT2D eigenvalue weighted by Crippen LogP contribution is -2.51. The van der Waals surface area contributed by atoms with Crippen molar-refractivity contribution in [3.05, 3.63) is 47.5 Å². The fraction of sp³-hybridized carbons (Fsp3) is 0.577. The van der Waals surface area contributed by atoms with E-state index < -0.39 is 17.8 Å². The van der Waals surface area contributed by atoms with E-state index in [1.165, 1.54) is 25.7 Å². The Morgan fingerprint density at radius 2 is 1.66 bits per heavy atom.